The van der Waals surface area contributed by atoms with E-state index in [4.69, 9.17) is 9.57 Å². The van der Waals surface area contributed by atoms with E-state index in [1.165, 1.54) is 0 Å². The van der Waals surface area contributed by atoms with Crippen molar-refractivity contribution in [3.8, 4) is 0 Å². The number of anilines is 1. The molecule has 33 heavy (non-hydrogen) atoms. The fourth-order valence-corrected chi connectivity index (χ4v) is 3.69. The zero-order valence-corrected chi connectivity index (χ0v) is 19.8. The fraction of sp³-hybridized carbons (Fsp3) is 0.385. The zero-order chi connectivity index (χ0) is 23.8. The van der Waals surface area contributed by atoms with E-state index in [1.807, 2.05) is 75.4 Å². The van der Waals surface area contributed by atoms with Crippen LogP contribution in [0.1, 0.15) is 51.7 Å². The van der Waals surface area contributed by atoms with Gasteiger partial charge in [0.05, 0.1) is 6.61 Å². The lowest BCUT2D eigenvalue weighted by atomic mass is 10.1. The van der Waals surface area contributed by atoms with E-state index in [1.54, 1.807) is 0 Å². The minimum Gasteiger partial charge on any atom is -0.444 e. The van der Waals surface area contributed by atoms with Crippen molar-refractivity contribution in [3.05, 3.63) is 65.7 Å². The fourth-order valence-electron chi connectivity index (χ4n) is 3.69. The molecule has 7 nitrogen and oxygen atoms in total. The van der Waals surface area contributed by atoms with Crippen molar-refractivity contribution in [3.63, 3.8) is 0 Å². The number of amides is 2. The quantitative estimate of drug-likeness (QED) is 0.416. The lowest BCUT2D eigenvalue weighted by Gasteiger charge is -2.21. The number of ether oxygens (including phenoxy) is 1. The van der Waals surface area contributed by atoms with E-state index in [2.05, 4.69) is 22.3 Å². The number of hydroxylamine groups is 1. The maximum absolute atomic E-state index is 12.6. The molecule has 0 atom stereocenters. The summed E-state index contributed by atoms with van der Waals surface area (Å²) < 4.78 is 7.57. The molecule has 0 aliphatic carbocycles. The van der Waals surface area contributed by atoms with E-state index >= 15 is 0 Å². The van der Waals surface area contributed by atoms with Crippen LogP contribution in [0.5, 0.6) is 0 Å². The topological polar surface area (TPSA) is 81.6 Å². The normalized spacial score (nSPS) is 11.4. The summed E-state index contributed by atoms with van der Waals surface area (Å²) in [6.07, 6.45) is 1.05. The van der Waals surface area contributed by atoms with E-state index in [-0.39, 0.29) is 12.3 Å². The van der Waals surface area contributed by atoms with Gasteiger partial charge >= 0.3 is 6.09 Å². The van der Waals surface area contributed by atoms with Crippen molar-refractivity contribution >= 4 is 28.7 Å². The summed E-state index contributed by atoms with van der Waals surface area (Å²) in [7, 11) is 0. The number of nitrogens with zero attached hydrogens (tertiary/aromatic N) is 1. The highest BCUT2D eigenvalue weighted by molar-refractivity contribution is 5.95. The molecule has 0 saturated heterocycles. The van der Waals surface area contributed by atoms with Crippen LogP contribution in [0, 0.1) is 0 Å². The van der Waals surface area contributed by atoms with Gasteiger partial charge in [-0.2, -0.15) is 0 Å². The molecule has 2 aromatic carbocycles. The number of carbonyl (C=O) groups is 2. The number of fused-ring (bicyclic) bond motifs is 1. The first-order valence-corrected chi connectivity index (χ1v) is 11.3. The number of benzene rings is 2. The number of hydrogen-bond acceptors (Lipinski definition) is 4. The van der Waals surface area contributed by atoms with Crippen molar-refractivity contribution in [2.45, 2.75) is 65.7 Å². The Balaban J connectivity index is 1.75. The minimum absolute atomic E-state index is 0.220. The third kappa shape index (κ3) is 6.83. The second-order valence-electron chi connectivity index (χ2n) is 8.92. The minimum atomic E-state index is -0.609. The number of hydrogen-bond donors (Lipinski definition) is 2. The van der Waals surface area contributed by atoms with Gasteiger partial charge < -0.3 is 9.30 Å². The molecule has 1 heterocycles. The van der Waals surface area contributed by atoms with Gasteiger partial charge in [0, 0.05) is 29.4 Å². The number of nitrogens with one attached hydrogen (secondary N) is 2. The molecule has 3 rings (SSSR count). The molecule has 2 N–H and O–H groups in total. The average molecular weight is 452 g/mol. The Kier molecular flexibility index (Phi) is 8.11. The Hall–Kier alpha value is -3.32. The second kappa shape index (κ2) is 11.0. The van der Waals surface area contributed by atoms with E-state index in [0.29, 0.717) is 18.8 Å². The molecule has 0 aliphatic heterocycles. The van der Waals surface area contributed by atoms with Crippen molar-refractivity contribution in [1.82, 2.24) is 10.0 Å². The zero-order valence-electron chi connectivity index (χ0n) is 19.8. The number of para-hydroxylation sites is 1. The molecule has 176 valence electrons. The summed E-state index contributed by atoms with van der Waals surface area (Å²) in [5.74, 6) is 0.451. The van der Waals surface area contributed by atoms with Crippen molar-refractivity contribution in [2.75, 3.05) is 5.32 Å². The van der Waals surface area contributed by atoms with Crippen LogP contribution in [0.25, 0.3) is 10.9 Å². The molecule has 3 aromatic rings. The van der Waals surface area contributed by atoms with Gasteiger partial charge in [-0.15, -0.1) is 0 Å². The molecule has 0 saturated carbocycles. The smallest absolute Gasteiger partial charge is 0.413 e. The molecule has 0 radical (unpaired) electrons. The largest absolute Gasteiger partial charge is 0.444 e. The van der Waals surface area contributed by atoms with Crippen LogP contribution in [0.4, 0.5) is 10.6 Å². The van der Waals surface area contributed by atoms with Crippen LogP contribution in [0.3, 0.4) is 0 Å². The molecule has 0 fully saturated rings. The summed E-state index contributed by atoms with van der Waals surface area (Å²) in [4.78, 5) is 30.4. The predicted molar refractivity (Wildman–Crippen MR) is 130 cm³/mol. The lowest BCUT2D eigenvalue weighted by molar-refractivity contribution is -0.134. The molecule has 2 amide bonds. The number of carbonyl (C=O) groups excluding carboxylic acids is 2. The van der Waals surface area contributed by atoms with Gasteiger partial charge in [-0.1, -0.05) is 55.5 Å². The first-order chi connectivity index (χ1) is 15.8. The molecular formula is C26H33N3O4. The highest BCUT2D eigenvalue weighted by atomic mass is 16.6. The number of aromatic nitrogens is 1. The van der Waals surface area contributed by atoms with Crippen LogP contribution >= 0.6 is 0 Å². The Labute approximate surface area is 195 Å². The van der Waals surface area contributed by atoms with E-state index in [9.17, 15) is 9.59 Å². The third-order valence-electron chi connectivity index (χ3n) is 5.01. The predicted octanol–water partition coefficient (Wildman–Crippen LogP) is 5.58. The summed E-state index contributed by atoms with van der Waals surface area (Å²) >= 11 is 0. The van der Waals surface area contributed by atoms with E-state index in [0.717, 1.165) is 35.0 Å². The third-order valence-corrected chi connectivity index (χ3v) is 5.01. The highest BCUT2D eigenvalue weighted by Crippen LogP contribution is 2.32. The Morgan fingerprint density at radius 2 is 1.70 bits per heavy atom. The average Bonchev–Trinajstić information content (AvgIpc) is 3.04. The molecule has 0 bridgehead atoms. The standard InChI is InChI=1S/C26H33N3O4/c1-5-17-29-22-14-10-9-13-20(22)21(24(29)27-25(31)33-26(2,3)4)15-16-23(30)28-32-18-19-11-7-6-8-12-19/h6-14H,5,15-18H2,1-4H3,(H,27,31)(H,28,30). The highest BCUT2D eigenvalue weighted by Gasteiger charge is 2.22. The molecule has 7 heteroatoms. The van der Waals surface area contributed by atoms with Crippen LogP contribution in [-0.4, -0.2) is 22.2 Å². The SMILES string of the molecule is CCCn1c(NC(=O)OC(C)(C)C)c(CCC(=O)NOCc2ccccc2)c2ccccc21. The van der Waals surface area contributed by atoms with Crippen LogP contribution in [-0.2, 0) is 33.9 Å². The summed E-state index contributed by atoms with van der Waals surface area (Å²) in [5, 5.41) is 3.95. The maximum Gasteiger partial charge on any atom is 0.413 e. The van der Waals surface area contributed by atoms with Crippen molar-refractivity contribution in [1.29, 1.82) is 0 Å². The monoisotopic (exact) mass is 451 g/mol. The van der Waals surface area contributed by atoms with Gasteiger partial charge in [0.1, 0.15) is 11.4 Å². The summed E-state index contributed by atoms with van der Waals surface area (Å²) in [6, 6.07) is 17.6. The first-order valence-electron chi connectivity index (χ1n) is 11.3. The summed E-state index contributed by atoms with van der Waals surface area (Å²) in [6.45, 7) is 8.60. The van der Waals surface area contributed by atoms with Crippen LogP contribution in [0.2, 0.25) is 0 Å². The Bertz CT molecular complexity index is 1080. The van der Waals surface area contributed by atoms with E-state index < -0.39 is 11.7 Å². The maximum atomic E-state index is 12.6. The molecular weight excluding hydrogens is 418 g/mol. The van der Waals surface area contributed by atoms with Gasteiger partial charge in [0.2, 0.25) is 5.91 Å². The second-order valence-corrected chi connectivity index (χ2v) is 8.92. The van der Waals surface area contributed by atoms with Crippen molar-refractivity contribution < 1.29 is 19.2 Å². The molecule has 0 spiro atoms. The molecule has 1 aromatic heterocycles. The molecule has 0 aliphatic rings. The van der Waals surface area contributed by atoms with Gasteiger partial charge in [0.15, 0.2) is 0 Å². The van der Waals surface area contributed by atoms with Crippen LogP contribution < -0.4 is 10.8 Å². The van der Waals surface area contributed by atoms with Crippen molar-refractivity contribution in [2.24, 2.45) is 0 Å². The van der Waals surface area contributed by atoms with Gasteiger partial charge in [-0.05, 0) is 45.2 Å². The lowest BCUT2D eigenvalue weighted by Crippen LogP contribution is -2.28. The first kappa shape index (κ1) is 24.3. The Morgan fingerprint density at radius 3 is 2.39 bits per heavy atom. The van der Waals surface area contributed by atoms with Gasteiger partial charge in [0.25, 0.3) is 0 Å². The molecule has 0 unspecified atom stereocenters. The van der Waals surface area contributed by atoms with Gasteiger partial charge in [-0.3, -0.25) is 14.9 Å². The number of aryl methyl sites for hydroxylation is 2. The summed E-state index contributed by atoms with van der Waals surface area (Å²) in [5.41, 5.74) is 4.80. The Morgan fingerprint density at radius 1 is 1.00 bits per heavy atom. The number of rotatable bonds is 9. The van der Waals surface area contributed by atoms with Crippen LogP contribution in [0.15, 0.2) is 54.6 Å². The van der Waals surface area contributed by atoms with Gasteiger partial charge in [-0.25, -0.2) is 10.3 Å².